The molecule has 1 unspecified atom stereocenters. The van der Waals surface area contributed by atoms with Gasteiger partial charge >= 0.3 is 5.97 Å². The van der Waals surface area contributed by atoms with Crippen molar-refractivity contribution < 1.29 is 19.5 Å². The molecule has 128 valence electrons. The normalized spacial score (nSPS) is 23.5. The Morgan fingerprint density at radius 3 is 3.12 bits per heavy atom. The van der Waals surface area contributed by atoms with Gasteiger partial charge in [0, 0.05) is 23.3 Å². The Hall–Kier alpha value is -2.27. The minimum Gasteiger partial charge on any atom is -0.453 e. The summed E-state index contributed by atoms with van der Waals surface area (Å²) in [4.78, 5) is 27.8. The van der Waals surface area contributed by atoms with Crippen molar-refractivity contribution in [3.05, 3.63) is 22.3 Å². The number of hydrogen-bond acceptors (Lipinski definition) is 10. The van der Waals surface area contributed by atoms with E-state index in [1.165, 1.54) is 5.38 Å². The molecule has 1 amide bonds. The third-order valence-electron chi connectivity index (χ3n) is 3.57. The van der Waals surface area contributed by atoms with E-state index in [2.05, 4.69) is 20.8 Å². The van der Waals surface area contributed by atoms with Crippen LogP contribution in [-0.2, 0) is 14.3 Å². The van der Waals surface area contributed by atoms with Crippen molar-refractivity contribution in [3.8, 4) is 0 Å². The highest BCUT2D eigenvalue weighted by Crippen LogP contribution is 2.30. The van der Waals surface area contributed by atoms with Crippen LogP contribution < -0.4 is 16.4 Å². The van der Waals surface area contributed by atoms with E-state index in [0.717, 1.165) is 16.9 Å². The Kier molecular flexibility index (Phi) is 4.62. The van der Waals surface area contributed by atoms with E-state index in [1.807, 2.05) is 6.92 Å². The first-order valence-electron chi connectivity index (χ1n) is 7.03. The Morgan fingerprint density at radius 1 is 1.67 bits per heavy atom. The fraction of sp³-hybridized carbons (Fsp3) is 0.385. The van der Waals surface area contributed by atoms with Gasteiger partial charge in [0.15, 0.2) is 10.8 Å². The number of nitrogen functional groups attached to an aromatic ring is 1. The number of thioether (sulfide) groups is 1. The van der Waals surface area contributed by atoms with Crippen molar-refractivity contribution >= 4 is 45.8 Å². The zero-order valence-corrected chi connectivity index (χ0v) is 14.2. The van der Waals surface area contributed by atoms with Gasteiger partial charge in [-0.1, -0.05) is 5.16 Å². The minimum atomic E-state index is -0.577. The van der Waals surface area contributed by atoms with Crippen molar-refractivity contribution in [1.29, 1.82) is 0 Å². The van der Waals surface area contributed by atoms with Crippen LogP contribution >= 0.6 is 23.1 Å². The van der Waals surface area contributed by atoms with E-state index < -0.39 is 5.91 Å². The van der Waals surface area contributed by atoms with Gasteiger partial charge in [0.25, 0.3) is 5.91 Å². The van der Waals surface area contributed by atoms with Crippen molar-refractivity contribution in [2.24, 2.45) is 5.16 Å². The van der Waals surface area contributed by atoms with Gasteiger partial charge in [-0.3, -0.25) is 4.79 Å². The van der Waals surface area contributed by atoms with Crippen LogP contribution in [0.25, 0.3) is 0 Å². The Balaban J connectivity index is 1.59. The number of aromatic nitrogens is 1. The van der Waals surface area contributed by atoms with Crippen LogP contribution in [-0.4, -0.2) is 51.6 Å². The molecule has 2 aliphatic heterocycles. The summed E-state index contributed by atoms with van der Waals surface area (Å²) in [5.74, 6) is -0.295. The summed E-state index contributed by atoms with van der Waals surface area (Å²) in [5, 5.41) is 19.4. The molecule has 0 radical (unpaired) electrons. The fourth-order valence-electron chi connectivity index (χ4n) is 2.35. The average molecular weight is 369 g/mol. The largest absolute Gasteiger partial charge is 0.453 e. The summed E-state index contributed by atoms with van der Waals surface area (Å²) in [7, 11) is 0. The van der Waals surface area contributed by atoms with Crippen LogP contribution in [0.2, 0.25) is 0 Å². The minimum absolute atomic E-state index is 0.189. The van der Waals surface area contributed by atoms with Crippen LogP contribution in [0.4, 0.5) is 5.13 Å². The number of cyclic esters (lactones) is 1. The smallest absolute Gasteiger partial charge is 0.355 e. The van der Waals surface area contributed by atoms with Gasteiger partial charge in [0.05, 0.1) is 5.37 Å². The van der Waals surface area contributed by atoms with Crippen molar-refractivity contribution in [2.45, 2.75) is 18.4 Å². The summed E-state index contributed by atoms with van der Waals surface area (Å²) < 4.78 is 5.15. The molecule has 1 aromatic rings. The maximum Gasteiger partial charge on any atom is 0.355 e. The number of hydrogen-bond donors (Lipinski definition) is 4. The number of thiazole rings is 1. The number of nitrogens with zero attached hydrogens (tertiary/aromatic N) is 2. The summed E-state index contributed by atoms with van der Waals surface area (Å²) in [6, 6.07) is 0. The lowest BCUT2D eigenvalue weighted by Gasteiger charge is -2.24. The number of ether oxygens (including phenoxy) is 1. The summed E-state index contributed by atoms with van der Waals surface area (Å²) in [6.07, 6.45) is -0.216. The highest BCUT2D eigenvalue weighted by atomic mass is 32.2. The first-order valence-corrected chi connectivity index (χ1v) is 8.96. The molecule has 24 heavy (non-hydrogen) atoms. The molecule has 0 aromatic carbocycles. The molecule has 0 saturated heterocycles. The lowest BCUT2D eigenvalue weighted by molar-refractivity contribution is -0.139. The van der Waals surface area contributed by atoms with E-state index in [-0.39, 0.29) is 40.5 Å². The summed E-state index contributed by atoms with van der Waals surface area (Å²) in [6.45, 7) is 2.06. The number of amides is 1. The molecule has 0 fully saturated rings. The van der Waals surface area contributed by atoms with Crippen molar-refractivity contribution in [3.63, 3.8) is 0 Å². The van der Waals surface area contributed by atoms with Crippen molar-refractivity contribution in [2.75, 3.05) is 18.0 Å². The third-order valence-corrected chi connectivity index (χ3v) is 5.41. The molecule has 1 aromatic heterocycles. The monoisotopic (exact) mass is 369 g/mol. The standard InChI is InChI=1S/C13H15N5O4S2/c1-5-6-3-23-8(17-9(6)12(20)22-5)2-15-11(19)10(18-21)7-4-24-13(14)16-7/h4-5,8,17,21H,2-3H2,1H3,(H2,14,16)(H,15,19)/t5?,8-/m1/s1. The van der Waals surface area contributed by atoms with Gasteiger partial charge in [-0.2, -0.15) is 0 Å². The van der Waals surface area contributed by atoms with E-state index in [1.54, 1.807) is 11.8 Å². The molecule has 2 atom stereocenters. The second kappa shape index (κ2) is 6.69. The van der Waals surface area contributed by atoms with Gasteiger partial charge in [-0.25, -0.2) is 9.78 Å². The quantitative estimate of drug-likeness (QED) is 0.249. The predicted octanol–water partition coefficient (Wildman–Crippen LogP) is -0.118. The van der Waals surface area contributed by atoms with E-state index in [4.69, 9.17) is 15.7 Å². The Morgan fingerprint density at radius 2 is 2.46 bits per heavy atom. The maximum atomic E-state index is 12.2. The lowest BCUT2D eigenvalue weighted by atomic mass is 10.1. The van der Waals surface area contributed by atoms with Crippen LogP contribution in [0.1, 0.15) is 12.6 Å². The van der Waals surface area contributed by atoms with Crippen LogP contribution in [0.3, 0.4) is 0 Å². The molecule has 3 rings (SSSR count). The first kappa shape index (κ1) is 16.6. The molecule has 9 nitrogen and oxygen atoms in total. The maximum absolute atomic E-state index is 12.2. The molecule has 11 heteroatoms. The molecule has 0 aliphatic carbocycles. The highest BCUT2D eigenvalue weighted by Gasteiger charge is 2.36. The number of esters is 1. The van der Waals surface area contributed by atoms with Crippen LogP contribution in [0.5, 0.6) is 0 Å². The first-order chi connectivity index (χ1) is 11.5. The SMILES string of the molecule is CC1OC(=O)C2=C1CS[C@H](CNC(=O)C(=NO)c1csc(N)n1)N2. The number of carbonyl (C=O) groups excluding carboxylic acids is 2. The second-order valence-corrected chi connectivity index (χ2v) is 7.20. The molecule has 0 spiro atoms. The third kappa shape index (κ3) is 3.17. The van der Waals surface area contributed by atoms with Gasteiger partial charge in [-0.05, 0) is 6.92 Å². The molecule has 0 saturated carbocycles. The molecule has 0 bridgehead atoms. The van der Waals surface area contributed by atoms with E-state index in [9.17, 15) is 9.59 Å². The van der Waals surface area contributed by atoms with E-state index in [0.29, 0.717) is 11.4 Å². The zero-order chi connectivity index (χ0) is 17.3. The number of anilines is 1. The van der Waals surface area contributed by atoms with E-state index >= 15 is 0 Å². The number of rotatable bonds is 4. The second-order valence-electron chi connectivity index (χ2n) is 5.12. The van der Waals surface area contributed by atoms with Crippen LogP contribution in [0, 0.1) is 0 Å². The molecular formula is C13H15N5O4S2. The van der Waals surface area contributed by atoms with Gasteiger partial charge in [0.1, 0.15) is 17.5 Å². The summed E-state index contributed by atoms with van der Waals surface area (Å²) >= 11 is 2.70. The van der Waals surface area contributed by atoms with Gasteiger partial charge in [-0.15, -0.1) is 23.1 Å². The lowest BCUT2D eigenvalue weighted by Crippen LogP contribution is -2.44. The fourth-order valence-corrected chi connectivity index (χ4v) is 4.06. The highest BCUT2D eigenvalue weighted by molar-refractivity contribution is 8.00. The average Bonchev–Trinajstić information content (AvgIpc) is 3.10. The predicted molar refractivity (Wildman–Crippen MR) is 89.8 cm³/mol. The molecule has 2 aliphatic rings. The van der Waals surface area contributed by atoms with Gasteiger partial charge < -0.3 is 26.3 Å². The van der Waals surface area contributed by atoms with Crippen LogP contribution in [0.15, 0.2) is 21.8 Å². The number of oxime groups is 1. The van der Waals surface area contributed by atoms with Gasteiger partial charge in [0.2, 0.25) is 0 Å². The number of carbonyl (C=O) groups is 2. The topological polar surface area (TPSA) is 139 Å². The molecule has 3 heterocycles. The number of nitrogens with one attached hydrogen (secondary N) is 2. The zero-order valence-electron chi connectivity index (χ0n) is 12.6. The molecule has 5 N–H and O–H groups in total. The summed E-state index contributed by atoms with van der Waals surface area (Å²) in [5.41, 5.74) is 6.92. The van der Waals surface area contributed by atoms with Crippen molar-refractivity contribution in [1.82, 2.24) is 15.6 Å². The Bertz CT molecular complexity index is 744. The number of nitrogens with two attached hydrogens (primary N) is 1. The Labute approximate surface area is 145 Å². The molecular weight excluding hydrogens is 354 g/mol.